The van der Waals surface area contributed by atoms with Crippen molar-refractivity contribution >= 4 is 5.69 Å². The molecule has 1 aromatic heterocycles. The molecule has 0 amide bonds. The van der Waals surface area contributed by atoms with Gasteiger partial charge >= 0.3 is 0 Å². The topological polar surface area (TPSA) is 64.9 Å². The van der Waals surface area contributed by atoms with Crippen molar-refractivity contribution in [2.45, 2.75) is 26.2 Å². The lowest BCUT2D eigenvalue weighted by molar-refractivity contribution is 0.421. The zero-order valence-corrected chi connectivity index (χ0v) is 9.31. The van der Waals surface area contributed by atoms with E-state index in [1.54, 1.807) is 0 Å². The van der Waals surface area contributed by atoms with Gasteiger partial charge in [0.2, 0.25) is 0 Å². The molecular weight excluding hydrogens is 202 g/mol. The predicted octanol–water partition coefficient (Wildman–Crippen LogP) is 2.66. The normalized spacial score (nSPS) is 10.6. The number of benzene rings is 1. The molecule has 0 atom stereocenters. The fourth-order valence-electron chi connectivity index (χ4n) is 1.49. The first-order valence-corrected chi connectivity index (χ1v) is 5.48. The SMILES string of the molecule is CCCCc1noc(-c2ccccc2N)n1. The van der Waals surface area contributed by atoms with Gasteiger partial charge in [-0.15, -0.1) is 0 Å². The third-order valence-electron chi connectivity index (χ3n) is 2.41. The zero-order valence-electron chi connectivity index (χ0n) is 9.31. The smallest absolute Gasteiger partial charge is 0.260 e. The van der Waals surface area contributed by atoms with E-state index in [9.17, 15) is 0 Å². The highest BCUT2D eigenvalue weighted by Gasteiger charge is 2.10. The lowest BCUT2D eigenvalue weighted by Crippen LogP contribution is -1.90. The Morgan fingerprint density at radius 3 is 2.88 bits per heavy atom. The third-order valence-corrected chi connectivity index (χ3v) is 2.41. The van der Waals surface area contributed by atoms with Crippen LogP contribution >= 0.6 is 0 Å². The van der Waals surface area contributed by atoms with Crippen molar-refractivity contribution in [3.05, 3.63) is 30.1 Å². The van der Waals surface area contributed by atoms with E-state index >= 15 is 0 Å². The van der Waals surface area contributed by atoms with Crippen LogP contribution in [0, 0.1) is 0 Å². The Morgan fingerprint density at radius 2 is 2.12 bits per heavy atom. The van der Waals surface area contributed by atoms with Gasteiger partial charge in [0.15, 0.2) is 5.82 Å². The summed E-state index contributed by atoms with van der Waals surface area (Å²) >= 11 is 0. The van der Waals surface area contributed by atoms with Crippen molar-refractivity contribution in [2.24, 2.45) is 0 Å². The van der Waals surface area contributed by atoms with Crippen molar-refractivity contribution in [2.75, 3.05) is 5.73 Å². The maximum atomic E-state index is 5.83. The maximum absolute atomic E-state index is 5.83. The molecular formula is C12H15N3O. The predicted molar refractivity (Wildman–Crippen MR) is 62.8 cm³/mol. The summed E-state index contributed by atoms with van der Waals surface area (Å²) in [6.45, 7) is 2.14. The minimum atomic E-state index is 0.504. The van der Waals surface area contributed by atoms with Crippen LogP contribution in [0.5, 0.6) is 0 Å². The highest BCUT2D eigenvalue weighted by atomic mass is 16.5. The molecule has 1 aromatic carbocycles. The van der Waals surface area contributed by atoms with Crippen LogP contribution in [-0.2, 0) is 6.42 Å². The summed E-state index contributed by atoms with van der Waals surface area (Å²) in [7, 11) is 0. The van der Waals surface area contributed by atoms with Gasteiger partial charge in [-0.3, -0.25) is 0 Å². The number of hydrogen-bond donors (Lipinski definition) is 1. The third kappa shape index (κ3) is 2.21. The summed E-state index contributed by atoms with van der Waals surface area (Å²) < 4.78 is 5.19. The molecule has 1 heterocycles. The second kappa shape index (κ2) is 4.79. The largest absolute Gasteiger partial charge is 0.398 e. The molecule has 0 aliphatic carbocycles. The number of anilines is 1. The number of para-hydroxylation sites is 1. The Hall–Kier alpha value is -1.84. The van der Waals surface area contributed by atoms with Crippen LogP contribution in [-0.4, -0.2) is 10.1 Å². The summed E-state index contributed by atoms with van der Waals surface area (Å²) in [6, 6.07) is 7.49. The van der Waals surface area contributed by atoms with Crippen LogP contribution in [0.15, 0.2) is 28.8 Å². The van der Waals surface area contributed by atoms with Gasteiger partial charge in [0.05, 0.1) is 5.56 Å². The number of aryl methyl sites for hydroxylation is 1. The fourth-order valence-corrected chi connectivity index (χ4v) is 1.49. The Balaban J connectivity index is 2.22. The molecule has 0 fully saturated rings. The first kappa shape index (κ1) is 10.7. The monoisotopic (exact) mass is 217 g/mol. The lowest BCUT2D eigenvalue weighted by Gasteiger charge is -1.97. The molecule has 4 heteroatoms. The molecule has 16 heavy (non-hydrogen) atoms. The zero-order chi connectivity index (χ0) is 11.4. The molecule has 4 nitrogen and oxygen atoms in total. The fraction of sp³-hybridized carbons (Fsp3) is 0.333. The van der Waals surface area contributed by atoms with Gasteiger partial charge < -0.3 is 10.3 Å². The average molecular weight is 217 g/mol. The van der Waals surface area contributed by atoms with Gasteiger partial charge in [-0.2, -0.15) is 4.98 Å². The van der Waals surface area contributed by atoms with Crippen LogP contribution in [0.25, 0.3) is 11.5 Å². The van der Waals surface area contributed by atoms with Gasteiger partial charge in [-0.25, -0.2) is 0 Å². The Bertz CT molecular complexity index is 465. The summed E-state index contributed by atoms with van der Waals surface area (Å²) in [6.07, 6.45) is 3.05. The minimum absolute atomic E-state index is 0.504. The second-order valence-electron chi connectivity index (χ2n) is 3.71. The van der Waals surface area contributed by atoms with Gasteiger partial charge in [0.1, 0.15) is 0 Å². The van der Waals surface area contributed by atoms with Gasteiger partial charge in [-0.1, -0.05) is 30.6 Å². The van der Waals surface area contributed by atoms with Crippen LogP contribution in [0.4, 0.5) is 5.69 Å². The van der Waals surface area contributed by atoms with Crippen molar-refractivity contribution in [3.8, 4) is 11.5 Å². The van der Waals surface area contributed by atoms with E-state index < -0.39 is 0 Å². The van der Waals surface area contributed by atoms with Crippen LogP contribution < -0.4 is 5.73 Å². The molecule has 2 N–H and O–H groups in total. The molecule has 0 aliphatic rings. The van der Waals surface area contributed by atoms with Crippen molar-refractivity contribution in [3.63, 3.8) is 0 Å². The minimum Gasteiger partial charge on any atom is -0.398 e. The van der Waals surface area contributed by atoms with E-state index in [0.29, 0.717) is 11.6 Å². The molecule has 0 radical (unpaired) electrons. The molecule has 0 unspecified atom stereocenters. The standard InChI is InChI=1S/C12H15N3O/c1-2-3-8-11-14-12(16-15-11)9-6-4-5-7-10(9)13/h4-7H,2-3,8,13H2,1H3. The van der Waals surface area contributed by atoms with Crippen molar-refractivity contribution < 1.29 is 4.52 Å². The number of unbranched alkanes of at least 4 members (excludes halogenated alkanes) is 1. The molecule has 0 bridgehead atoms. The van der Waals surface area contributed by atoms with Crippen molar-refractivity contribution in [1.29, 1.82) is 0 Å². The summed E-state index contributed by atoms with van der Waals surface area (Å²) in [5.74, 6) is 1.25. The van der Waals surface area contributed by atoms with Crippen molar-refractivity contribution in [1.82, 2.24) is 10.1 Å². The first-order valence-electron chi connectivity index (χ1n) is 5.48. The highest BCUT2D eigenvalue weighted by molar-refractivity contribution is 5.69. The number of nitrogens with zero attached hydrogens (tertiary/aromatic N) is 2. The summed E-state index contributed by atoms with van der Waals surface area (Å²) in [5.41, 5.74) is 7.30. The van der Waals surface area contributed by atoms with E-state index in [-0.39, 0.29) is 0 Å². The second-order valence-corrected chi connectivity index (χ2v) is 3.71. The molecule has 2 rings (SSSR count). The Morgan fingerprint density at radius 1 is 1.31 bits per heavy atom. The first-order chi connectivity index (χ1) is 7.81. The molecule has 2 aromatic rings. The Kier molecular flexibility index (Phi) is 3.19. The summed E-state index contributed by atoms with van der Waals surface area (Å²) in [5, 5.41) is 3.93. The molecule has 84 valence electrons. The van der Waals surface area contributed by atoms with Gasteiger partial charge in [0, 0.05) is 12.1 Å². The molecule has 0 aliphatic heterocycles. The van der Waals surface area contributed by atoms with E-state index in [1.807, 2.05) is 24.3 Å². The molecule has 0 spiro atoms. The quantitative estimate of drug-likeness (QED) is 0.799. The van der Waals surface area contributed by atoms with E-state index in [0.717, 1.165) is 30.7 Å². The lowest BCUT2D eigenvalue weighted by atomic mass is 10.2. The van der Waals surface area contributed by atoms with E-state index in [1.165, 1.54) is 0 Å². The van der Waals surface area contributed by atoms with Crippen LogP contribution in [0.1, 0.15) is 25.6 Å². The number of aromatic nitrogens is 2. The van der Waals surface area contributed by atoms with Crippen LogP contribution in [0.3, 0.4) is 0 Å². The van der Waals surface area contributed by atoms with E-state index in [4.69, 9.17) is 10.3 Å². The molecule has 0 saturated heterocycles. The number of rotatable bonds is 4. The summed E-state index contributed by atoms with van der Waals surface area (Å²) in [4.78, 5) is 4.32. The van der Waals surface area contributed by atoms with Gasteiger partial charge in [-0.05, 0) is 18.6 Å². The number of hydrogen-bond acceptors (Lipinski definition) is 4. The number of nitrogen functional groups attached to an aromatic ring is 1. The van der Waals surface area contributed by atoms with Gasteiger partial charge in [0.25, 0.3) is 5.89 Å². The molecule has 0 saturated carbocycles. The maximum Gasteiger partial charge on any atom is 0.260 e. The highest BCUT2D eigenvalue weighted by Crippen LogP contribution is 2.23. The number of nitrogens with two attached hydrogens (primary N) is 1. The average Bonchev–Trinajstić information content (AvgIpc) is 2.75. The Labute approximate surface area is 94.5 Å². The van der Waals surface area contributed by atoms with Crippen LogP contribution in [0.2, 0.25) is 0 Å². The van der Waals surface area contributed by atoms with E-state index in [2.05, 4.69) is 17.1 Å².